The SMILES string of the molecule is CNC(Cc1ccc([N+](=O)[O-])cc1)c1ccsc1. The molecule has 0 amide bonds. The van der Waals surface area contributed by atoms with Gasteiger partial charge in [0.05, 0.1) is 4.92 Å². The zero-order valence-corrected chi connectivity index (χ0v) is 10.8. The number of rotatable bonds is 5. The van der Waals surface area contributed by atoms with Crippen molar-refractivity contribution in [1.29, 1.82) is 0 Å². The number of benzene rings is 1. The number of nitrogens with one attached hydrogen (secondary N) is 1. The van der Waals surface area contributed by atoms with E-state index < -0.39 is 0 Å². The first kappa shape index (κ1) is 12.7. The molecule has 1 aromatic carbocycles. The van der Waals surface area contributed by atoms with E-state index in [0.29, 0.717) is 0 Å². The number of hydrogen-bond donors (Lipinski definition) is 1. The summed E-state index contributed by atoms with van der Waals surface area (Å²) in [4.78, 5) is 10.2. The Labute approximate surface area is 109 Å². The number of likely N-dealkylation sites (N-methyl/N-ethyl adjacent to an activating group) is 1. The lowest BCUT2D eigenvalue weighted by Crippen LogP contribution is -2.18. The van der Waals surface area contributed by atoms with Crippen molar-refractivity contribution in [2.24, 2.45) is 0 Å². The first-order valence-electron chi connectivity index (χ1n) is 5.63. The molecular formula is C13H14N2O2S. The zero-order valence-electron chi connectivity index (χ0n) is 10.00. The fourth-order valence-electron chi connectivity index (χ4n) is 1.85. The largest absolute Gasteiger partial charge is 0.313 e. The zero-order chi connectivity index (χ0) is 13.0. The lowest BCUT2D eigenvalue weighted by Gasteiger charge is -2.14. The van der Waals surface area contributed by atoms with E-state index in [2.05, 4.69) is 22.1 Å². The van der Waals surface area contributed by atoms with Gasteiger partial charge in [0, 0.05) is 18.2 Å². The number of nitro groups is 1. The molecule has 0 radical (unpaired) electrons. The molecule has 0 saturated carbocycles. The van der Waals surface area contributed by atoms with Crippen molar-refractivity contribution in [3.05, 3.63) is 62.3 Å². The molecule has 5 heteroatoms. The second kappa shape index (κ2) is 5.75. The van der Waals surface area contributed by atoms with Gasteiger partial charge in [-0.2, -0.15) is 11.3 Å². The Balaban J connectivity index is 2.10. The predicted octanol–water partition coefficient (Wildman–Crippen LogP) is 3.16. The Morgan fingerprint density at radius 3 is 2.56 bits per heavy atom. The summed E-state index contributed by atoms with van der Waals surface area (Å²) < 4.78 is 0. The van der Waals surface area contributed by atoms with Gasteiger partial charge in [-0.25, -0.2) is 0 Å². The van der Waals surface area contributed by atoms with Crippen LogP contribution in [0.25, 0.3) is 0 Å². The van der Waals surface area contributed by atoms with Crippen LogP contribution in [0.15, 0.2) is 41.1 Å². The second-order valence-corrected chi connectivity index (χ2v) is 4.81. The van der Waals surface area contributed by atoms with Crippen molar-refractivity contribution < 1.29 is 4.92 Å². The molecular weight excluding hydrogens is 248 g/mol. The first-order valence-corrected chi connectivity index (χ1v) is 6.57. The van der Waals surface area contributed by atoms with Crippen molar-refractivity contribution >= 4 is 17.0 Å². The van der Waals surface area contributed by atoms with E-state index >= 15 is 0 Å². The highest BCUT2D eigenvalue weighted by Crippen LogP contribution is 2.21. The maximum Gasteiger partial charge on any atom is 0.269 e. The van der Waals surface area contributed by atoms with Gasteiger partial charge in [0.1, 0.15) is 0 Å². The van der Waals surface area contributed by atoms with Crippen molar-refractivity contribution in [2.45, 2.75) is 12.5 Å². The van der Waals surface area contributed by atoms with Crippen LogP contribution in [0.2, 0.25) is 0 Å². The summed E-state index contributed by atoms with van der Waals surface area (Å²) in [5.41, 5.74) is 2.47. The molecule has 1 atom stereocenters. The van der Waals surface area contributed by atoms with Crippen molar-refractivity contribution in [3.63, 3.8) is 0 Å². The van der Waals surface area contributed by atoms with Crippen LogP contribution in [-0.2, 0) is 6.42 Å². The van der Waals surface area contributed by atoms with Crippen molar-refractivity contribution in [3.8, 4) is 0 Å². The average molecular weight is 262 g/mol. The molecule has 18 heavy (non-hydrogen) atoms. The molecule has 0 aliphatic rings. The summed E-state index contributed by atoms with van der Waals surface area (Å²) in [6.07, 6.45) is 0.825. The van der Waals surface area contributed by atoms with Crippen LogP contribution in [0.3, 0.4) is 0 Å². The number of hydrogen-bond acceptors (Lipinski definition) is 4. The van der Waals surface area contributed by atoms with E-state index in [-0.39, 0.29) is 16.7 Å². The Morgan fingerprint density at radius 2 is 2.06 bits per heavy atom. The summed E-state index contributed by atoms with van der Waals surface area (Å²) in [7, 11) is 1.92. The number of nitrogens with zero attached hydrogens (tertiary/aromatic N) is 1. The molecule has 0 aliphatic carbocycles. The first-order chi connectivity index (χ1) is 8.70. The molecule has 2 aromatic rings. The van der Waals surface area contributed by atoms with E-state index in [1.54, 1.807) is 23.5 Å². The van der Waals surface area contributed by atoms with Gasteiger partial charge < -0.3 is 5.32 Å². The van der Waals surface area contributed by atoms with Crippen LogP contribution < -0.4 is 5.32 Å². The normalized spacial score (nSPS) is 12.3. The molecule has 1 unspecified atom stereocenters. The topological polar surface area (TPSA) is 55.2 Å². The Kier molecular flexibility index (Phi) is 4.07. The molecule has 0 saturated heterocycles. The van der Waals surface area contributed by atoms with Crippen molar-refractivity contribution in [2.75, 3.05) is 7.05 Å². The van der Waals surface area contributed by atoms with Gasteiger partial charge in [-0.05, 0) is 41.4 Å². The quantitative estimate of drug-likeness (QED) is 0.665. The lowest BCUT2D eigenvalue weighted by atomic mass is 10.0. The van der Waals surface area contributed by atoms with Crippen LogP contribution in [0.1, 0.15) is 17.2 Å². The van der Waals surface area contributed by atoms with E-state index in [9.17, 15) is 10.1 Å². The molecule has 1 aromatic heterocycles. The van der Waals surface area contributed by atoms with E-state index in [4.69, 9.17) is 0 Å². The summed E-state index contributed by atoms with van der Waals surface area (Å²) >= 11 is 1.67. The van der Waals surface area contributed by atoms with Gasteiger partial charge >= 0.3 is 0 Å². The van der Waals surface area contributed by atoms with Gasteiger partial charge in [-0.15, -0.1) is 0 Å². The summed E-state index contributed by atoms with van der Waals surface area (Å²) in [5.74, 6) is 0. The fraction of sp³-hybridized carbons (Fsp3) is 0.231. The average Bonchev–Trinajstić information content (AvgIpc) is 2.90. The standard InChI is InChI=1S/C13H14N2O2S/c1-14-13(11-6-7-18-9-11)8-10-2-4-12(5-3-10)15(16)17/h2-7,9,13-14H,8H2,1H3. The molecule has 94 valence electrons. The third-order valence-corrected chi connectivity index (χ3v) is 3.58. The van der Waals surface area contributed by atoms with Gasteiger partial charge in [-0.3, -0.25) is 10.1 Å². The van der Waals surface area contributed by atoms with E-state index in [1.165, 1.54) is 5.56 Å². The molecule has 1 N–H and O–H groups in total. The third-order valence-electron chi connectivity index (χ3n) is 2.88. The van der Waals surface area contributed by atoms with E-state index in [0.717, 1.165) is 12.0 Å². The van der Waals surface area contributed by atoms with Crippen molar-refractivity contribution in [1.82, 2.24) is 5.32 Å². The lowest BCUT2D eigenvalue weighted by molar-refractivity contribution is -0.384. The number of non-ortho nitro benzene ring substituents is 1. The Morgan fingerprint density at radius 1 is 1.33 bits per heavy atom. The maximum atomic E-state index is 10.6. The van der Waals surface area contributed by atoms with Gasteiger partial charge in [0.2, 0.25) is 0 Å². The summed E-state index contributed by atoms with van der Waals surface area (Å²) in [6.45, 7) is 0. The fourth-order valence-corrected chi connectivity index (χ4v) is 2.56. The summed E-state index contributed by atoms with van der Waals surface area (Å²) in [6, 6.07) is 9.07. The molecule has 0 bridgehead atoms. The Bertz CT molecular complexity index is 508. The van der Waals surface area contributed by atoms with Gasteiger partial charge in [0.25, 0.3) is 5.69 Å². The molecule has 0 spiro atoms. The summed E-state index contributed by atoms with van der Waals surface area (Å²) in [5, 5.41) is 18.0. The highest BCUT2D eigenvalue weighted by molar-refractivity contribution is 7.07. The third kappa shape index (κ3) is 2.94. The van der Waals surface area contributed by atoms with Crippen LogP contribution >= 0.6 is 11.3 Å². The van der Waals surface area contributed by atoms with E-state index in [1.807, 2.05) is 19.2 Å². The number of nitro benzene ring substituents is 1. The minimum atomic E-state index is -0.377. The highest BCUT2D eigenvalue weighted by Gasteiger charge is 2.11. The predicted molar refractivity (Wildman–Crippen MR) is 72.9 cm³/mol. The minimum absolute atomic E-state index is 0.135. The molecule has 4 nitrogen and oxygen atoms in total. The number of thiophene rings is 1. The van der Waals surface area contributed by atoms with Gasteiger partial charge in [0.15, 0.2) is 0 Å². The minimum Gasteiger partial charge on any atom is -0.313 e. The monoisotopic (exact) mass is 262 g/mol. The maximum absolute atomic E-state index is 10.6. The van der Waals surface area contributed by atoms with Crippen LogP contribution in [0, 0.1) is 10.1 Å². The smallest absolute Gasteiger partial charge is 0.269 e. The molecule has 0 fully saturated rings. The Hall–Kier alpha value is -1.72. The van der Waals surface area contributed by atoms with Crippen LogP contribution in [-0.4, -0.2) is 12.0 Å². The molecule has 0 aliphatic heterocycles. The highest BCUT2D eigenvalue weighted by atomic mass is 32.1. The molecule has 1 heterocycles. The van der Waals surface area contributed by atoms with Crippen LogP contribution in [0.4, 0.5) is 5.69 Å². The van der Waals surface area contributed by atoms with Crippen LogP contribution in [0.5, 0.6) is 0 Å². The second-order valence-electron chi connectivity index (χ2n) is 4.03. The van der Waals surface area contributed by atoms with Gasteiger partial charge in [-0.1, -0.05) is 12.1 Å². The molecule has 2 rings (SSSR count).